The van der Waals surface area contributed by atoms with Gasteiger partial charge in [0.2, 0.25) is 0 Å². The van der Waals surface area contributed by atoms with Gasteiger partial charge in [-0.1, -0.05) is 34.1 Å². The molecule has 0 heterocycles. The van der Waals surface area contributed by atoms with Gasteiger partial charge in [-0.05, 0) is 49.4 Å². The third-order valence-electron chi connectivity index (χ3n) is 3.64. The van der Waals surface area contributed by atoms with Gasteiger partial charge in [0.15, 0.2) is 0 Å². The molecule has 1 nitrogen and oxygen atoms in total. The van der Waals surface area contributed by atoms with Gasteiger partial charge in [-0.2, -0.15) is 0 Å². The van der Waals surface area contributed by atoms with Gasteiger partial charge in [-0.3, -0.25) is 0 Å². The summed E-state index contributed by atoms with van der Waals surface area (Å²) in [4.78, 5) is 0. The van der Waals surface area contributed by atoms with Crippen LogP contribution in [0.25, 0.3) is 0 Å². The zero-order valence-corrected chi connectivity index (χ0v) is 11.8. The second kappa shape index (κ2) is 6.05. The molecule has 96 valence electrons. The van der Waals surface area contributed by atoms with Crippen molar-refractivity contribution < 1.29 is 4.74 Å². The largest absolute Gasteiger partial charge is 0.381 e. The first-order valence-corrected chi connectivity index (χ1v) is 6.99. The van der Waals surface area contributed by atoms with Gasteiger partial charge in [0.25, 0.3) is 0 Å². The third-order valence-corrected chi connectivity index (χ3v) is 3.64. The predicted molar refractivity (Wildman–Crippen MR) is 70.7 cm³/mol. The number of ether oxygens (including phenoxy) is 1. The minimum absolute atomic E-state index is 0.462. The van der Waals surface area contributed by atoms with Crippen LogP contribution in [0.3, 0.4) is 0 Å². The molecule has 1 aliphatic rings. The molecule has 16 heavy (non-hydrogen) atoms. The Morgan fingerprint density at radius 1 is 1.00 bits per heavy atom. The number of unbranched alkanes of at least 4 members (excludes halogenated alkanes) is 1. The van der Waals surface area contributed by atoms with Crippen LogP contribution in [0.4, 0.5) is 0 Å². The fourth-order valence-corrected chi connectivity index (χ4v) is 2.03. The molecule has 0 atom stereocenters. The van der Waals surface area contributed by atoms with Crippen LogP contribution >= 0.6 is 0 Å². The van der Waals surface area contributed by atoms with E-state index in [9.17, 15) is 0 Å². The average molecular weight is 226 g/mol. The highest BCUT2D eigenvalue weighted by Gasteiger charge is 2.35. The molecule has 0 aromatic heterocycles. The first-order valence-electron chi connectivity index (χ1n) is 6.99. The van der Waals surface area contributed by atoms with Gasteiger partial charge in [-0.15, -0.1) is 0 Å². The number of hydrogen-bond donors (Lipinski definition) is 0. The van der Waals surface area contributed by atoms with Gasteiger partial charge < -0.3 is 4.74 Å². The summed E-state index contributed by atoms with van der Waals surface area (Å²) in [5, 5.41) is 0. The molecule has 1 heteroatoms. The van der Waals surface area contributed by atoms with Crippen molar-refractivity contribution in [3.05, 3.63) is 0 Å². The molecule has 1 aliphatic carbocycles. The molecule has 0 radical (unpaired) electrons. The third kappa shape index (κ3) is 7.27. The first kappa shape index (κ1) is 14.0. The lowest BCUT2D eigenvalue weighted by atomic mass is 9.91. The molecule has 0 amide bonds. The second-order valence-corrected chi connectivity index (χ2v) is 7.04. The zero-order valence-electron chi connectivity index (χ0n) is 11.8. The van der Waals surface area contributed by atoms with E-state index in [-0.39, 0.29) is 0 Å². The summed E-state index contributed by atoms with van der Waals surface area (Å²) in [5.41, 5.74) is 1.19. The number of rotatable bonds is 8. The maximum atomic E-state index is 5.66. The number of hydrogen-bond acceptors (Lipinski definition) is 1. The minimum atomic E-state index is 0.462. The zero-order chi connectivity index (χ0) is 12.1. The molecule has 0 N–H and O–H groups in total. The topological polar surface area (TPSA) is 9.23 Å². The van der Waals surface area contributed by atoms with E-state index >= 15 is 0 Å². The van der Waals surface area contributed by atoms with Crippen molar-refractivity contribution in [2.75, 3.05) is 13.2 Å². The predicted octanol–water partition coefficient (Wildman–Crippen LogP) is 4.80. The lowest BCUT2D eigenvalue weighted by Crippen LogP contribution is -2.07. The molecule has 0 saturated heterocycles. The molecule has 0 aromatic carbocycles. The van der Waals surface area contributed by atoms with E-state index in [0.717, 1.165) is 18.6 Å². The highest BCUT2D eigenvalue weighted by molar-refractivity contribution is 4.87. The van der Waals surface area contributed by atoms with E-state index in [4.69, 9.17) is 4.74 Å². The standard InChI is InChI=1S/C15H30O/c1-14(2,3)8-7-13-16-12-6-5-9-15(4)10-11-15/h5-13H2,1-4H3. The van der Waals surface area contributed by atoms with Crippen molar-refractivity contribution >= 4 is 0 Å². The van der Waals surface area contributed by atoms with E-state index in [1.54, 1.807) is 0 Å². The molecule has 0 aromatic rings. The van der Waals surface area contributed by atoms with Crippen LogP contribution in [0.2, 0.25) is 0 Å². The Kier molecular flexibility index (Phi) is 5.30. The highest BCUT2D eigenvalue weighted by atomic mass is 16.5. The van der Waals surface area contributed by atoms with Crippen LogP contribution in [0.1, 0.15) is 72.6 Å². The van der Waals surface area contributed by atoms with Gasteiger partial charge in [0.1, 0.15) is 0 Å². The Morgan fingerprint density at radius 3 is 2.19 bits per heavy atom. The molecule has 1 fully saturated rings. The summed E-state index contributed by atoms with van der Waals surface area (Å²) in [6.07, 6.45) is 9.42. The molecular weight excluding hydrogens is 196 g/mol. The SMILES string of the molecule is CC(C)(C)CCCOCCCCC1(C)CC1. The van der Waals surface area contributed by atoms with E-state index in [2.05, 4.69) is 27.7 Å². The van der Waals surface area contributed by atoms with Crippen molar-refractivity contribution in [1.29, 1.82) is 0 Å². The molecule has 1 rings (SSSR count). The van der Waals surface area contributed by atoms with Crippen LogP contribution < -0.4 is 0 Å². The summed E-state index contributed by atoms with van der Waals surface area (Å²) >= 11 is 0. The van der Waals surface area contributed by atoms with E-state index in [1.165, 1.54) is 44.9 Å². The Labute approximate surface area is 102 Å². The van der Waals surface area contributed by atoms with Crippen molar-refractivity contribution in [2.45, 2.75) is 72.6 Å². The Bertz CT molecular complexity index is 175. The average Bonchev–Trinajstić information content (AvgIpc) is 2.87. The quantitative estimate of drug-likeness (QED) is 0.540. The van der Waals surface area contributed by atoms with E-state index in [1.807, 2.05) is 0 Å². The van der Waals surface area contributed by atoms with E-state index in [0.29, 0.717) is 5.41 Å². The van der Waals surface area contributed by atoms with Crippen LogP contribution in [-0.4, -0.2) is 13.2 Å². The maximum Gasteiger partial charge on any atom is 0.0466 e. The molecule has 0 aliphatic heterocycles. The lowest BCUT2D eigenvalue weighted by Gasteiger charge is -2.17. The molecule has 0 unspecified atom stereocenters. The molecular formula is C15H30O. The monoisotopic (exact) mass is 226 g/mol. The first-order chi connectivity index (χ1) is 7.41. The van der Waals surface area contributed by atoms with Crippen molar-refractivity contribution in [3.63, 3.8) is 0 Å². The molecule has 1 saturated carbocycles. The summed E-state index contributed by atoms with van der Waals surface area (Å²) in [5.74, 6) is 0. The highest BCUT2D eigenvalue weighted by Crippen LogP contribution is 2.49. The van der Waals surface area contributed by atoms with Crippen LogP contribution in [0.5, 0.6) is 0 Å². The Hall–Kier alpha value is -0.0400. The van der Waals surface area contributed by atoms with Gasteiger partial charge in [0, 0.05) is 13.2 Å². The summed E-state index contributed by atoms with van der Waals surface area (Å²) < 4.78 is 5.66. The Balaban J connectivity index is 1.78. The van der Waals surface area contributed by atoms with Crippen LogP contribution in [0, 0.1) is 10.8 Å². The lowest BCUT2D eigenvalue weighted by molar-refractivity contribution is 0.118. The second-order valence-electron chi connectivity index (χ2n) is 7.04. The van der Waals surface area contributed by atoms with Crippen LogP contribution in [-0.2, 0) is 4.74 Å². The van der Waals surface area contributed by atoms with Crippen molar-refractivity contribution in [2.24, 2.45) is 10.8 Å². The molecule has 0 spiro atoms. The van der Waals surface area contributed by atoms with Gasteiger partial charge >= 0.3 is 0 Å². The Morgan fingerprint density at radius 2 is 1.62 bits per heavy atom. The molecule has 0 bridgehead atoms. The fourth-order valence-electron chi connectivity index (χ4n) is 2.03. The van der Waals surface area contributed by atoms with Crippen molar-refractivity contribution in [1.82, 2.24) is 0 Å². The minimum Gasteiger partial charge on any atom is -0.381 e. The van der Waals surface area contributed by atoms with E-state index < -0.39 is 0 Å². The van der Waals surface area contributed by atoms with Crippen LogP contribution in [0.15, 0.2) is 0 Å². The van der Waals surface area contributed by atoms with Gasteiger partial charge in [-0.25, -0.2) is 0 Å². The maximum absolute atomic E-state index is 5.66. The fraction of sp³-hybridized carbons (Fsp3) is 1.00. The summed E-state index contributed by atoms with van der Waals surface area (Å²) in [6.45, 7) is 11.2. The van der Waals surface area contributed by atoms with Gasteiger partial charge in [0.05, 0.1) is 0 Å². The summed E-state index contributed by atoms with van der Waals surface area (Å²) in [6, 6.07) is 0. The summed E-state index contributed by atoms with van der Waals surface area (Å²) in [7, 11) is 0. The van der Waals surface area contributed by atoms with Crippen molar-refractivity contribution in [3.8, 4) is 0 Å². The normalized spacial score (nSPS) is 18.8. The smallest absolute Gasteiger partial charge is 0.0466 e.